The second-order valence-corrected chi connectivity index (χ2v) is 8.45. The van der Waals surface area contributed by atoms with Crippen LogP contribution < -0.4 is 15.5 Å². The van der Waals surface area contributed by atoms with Crippen LogP contribution in [0.3, 0.4) is 0 Å². The number of fused-ring (bicyclic) bond motifs is 1. The van der Waals surface area contributed by atoms with Gasteiger partial charge < -0.3 is 20.3 Å². The summed E-state index contributed by atoms with van der Waals surface area (Å²) in [5.41, 5.74) is -0.753. The smallest absolute Gasteiger partial charge is 0.417 e. The number of thiophene rings is 1. The Morgan fingerprint density at radius 1 is 1.32 bits per heavy atom. The molecule has 0 aromatic carbocycles. The van der Waals surface area contributed by atoms with E-state index in [1.165, 1.54) is 12.4 Å². The van der Waals surface area contributed by atoms with Crippen molar-refractivity contribution in [2.45, 2.75) is 38.0 Å². The van der Waals surface area contributed by atoms with Crippen LogP contribution in [0.1, 0.15) is 44.3 Å². The van der Waals surface area contributed by atoms with Crippen LogP contribution in [0.15, 0.2) is 11.4 Å². The standard InChI is InChI=1S/C20H23F3N4O3S/c1-24-18(28)13-10-31-17-14(20(21,22)23)8-15(26-16(13)17)27-6-4-12(5-7-27)30-19(29)25-9-11-2-3-11/h8,10-12H,2-7,9H2,1H3,(H,24,28)(H,25,29)/i9D2. The van der Waals surface area contributed by atoms with E-state index in [0.29, 0.717) is 38.8 Å². The molecule has 2 N–H and O–H groups in total. The largest absolute Gasteiger partial charge is 0.446 e. The Hall–Kier alpha value is -2.56. The van der Waals surface area contributed by atoms with Crippen molar-refractivity contribution in [3.63, 3.8) is 0 Å². The highest BCUT2D eigenvalue weighted by Gasteiger charge is 2.36. The highest BCUT2D eigenvalue weighted by molar-refractivity contribution is 7.17. The number of piperidine rings is 1. The van der Waals surface area contributed by atoms with E-state index >= 15 is 0 Å². The Labute approximate surface area is 183 Å². The maximum Gasteiger partial charge on any atom is 0.417 e. The normalized spacial score (nSPS) is 19.0. The minimum absolute atomic E-state index is 0.00392. The van der Waals surface area contributed by atoms with E-state index in [2.05, 4.69) is 15.6 Å². The molecule has 4 rings (SSSR count). The summed E-state index contributed by atoms with van der Waals surface area (Å²) in [6, 6.07) is 0.991. The van der Waals surface area contributed by atoms with Gasteiger partial charge in [0.2, 0.25) is 0 Å². The van der Waals surface area contributed by atoms with Crippen LogP contribution >= 0.6 is 11.3 Å². The Morgan fingerprint density at radius 2 is 2.03 bits per heavy atom. The number of nitrogens with one attached hydrogen (secondary N) is 2. The van der Waals surface area contributed by atoms with E-state index in [4.69, 9.17) is 7.48 Å². The summed E-state index contributed by atoms with van der Waals surface area (Å²) >= 11 is 0.828. The van der Waals surface area contributed by atoms with Crippen molar-refractivity contribution in [1.29, 1.82) is 0 Å². The molecule has 0 unspecified atom stereocenters. The number of alkyl halides is 3. The molecule has 2 aliphatic rings. The molecule has 0 atom stereocenters. The fourth-order valence-corrected chi connectivity index (χ4v) is 4.46. The molecule has 31 heavy (non-hydrogen) atoms. The molecule has 2 aromatic heterocycles. The van der Waals surface area contributed by atoms with E-state index in [-0.39, 0.29) is 27.5 Å². The summed E-state index contributed by atoms with van der Waals surface area (Å²) in [6.07, 6.45) is -3.79. The van der Waals surface area contributed by atoms with Gasteiger partial charge in [0, 0.05) is 47.6 Å². The number of rotatable bonds is 5. The fourth-order valence-electron chi connectivity index (χ4n) is 3.44. The van der Waals surface area contributed by atoms with Crippen molar-refractivity contribution in [3.8, 4) is 0 Å². The van der Waals surface area contributed by atoms with Crippen LogP contribution in [0.4, 0.5) is 23.8 Å². The predicted octanol–water partition coefficient (Wildman–Crippen LogP) is 3.78. The number of nitrogens with zero attached hydrogens (tertiary/aromatic N) is 2. The molecule has 0 radical (unpaired) electrons. The third kappa shape index (κ3) is 4.86. The maximum absolute atomic E-state index is 13.7. The van der Waals surface area contributed by atoms with Crippen LogP contribution in [0, 0.1) is 5.92 Å². The fraction of sp³-hybridized carbons (Fsp3) is 0.550. The zero-order valence-corrected chi connectivity index (χ0v) is 17.5. The number of anilines is 1. The first kappa shape index (κ1) is 19.1. The summed E-state index contributed by atoms with van der Waals surface area (Å²) in [5, 5.41) is 6.05. The average molecular weight is 459 g/mol. The second kappa shape index (κ2) is 8.52. The van der Waals surface area contributed by atoms with Crippen LogP contribution in [-0.2, 0) is 10.9 Å². The summed E-state index contributed by atoms with van der Waals surface area (Å²) in [7, 11) is 1.40. The summed E-state index contributed by atoms with van der Waals surface area (Å²) in [4.78, 5) is 30.2. The van der Waals surface area contributed by atoms with Gasteiger partial charge in [0.25, 0.3) is 5.91 Å². The highest BCUT2D eigenvalue weighted by atomic mass is 32.1. The number of amides is 2. The van der Waals surface area contributed by atoms with Gasteiger partial charge in [0.15, 0.2) is 0 Å². The molecule has 168 valence electrons. The molecule has 11 heteroatoms. The molecule has 0 bridgehead atoms. The van der Waals surface area contributed by atoms with E-state index in [1.807, 2.05) is 0 Å². The molecule has 2 amide bonds. The number of hydrogen-bond acceptors (Lipinski definition) is 6. The number of ether oxygens (including phenoxy) is 1. The molecule has 2 aromatic rings. The zero-order chi connectivity index (χ0) is 24.0. The topological polar surface area (TPSA) is 83.6 Å². The lowest BCUT2D eigenvalue weighted by Crippen LogP contribution is -2.40. The minimum Gasteiger partial charge on any atom is -0.446 e. The maximum atomic E-state index is 13.7. The third-order valence-corrected chi connectivity index (χ3v) is 6.28. The van der Waals surface area contributed by atoms with Gasteiger partial charge in [-0.25, -0.2) is 9.78 Å². The highest BCUT2D eigenvalue weighted by Crippen LogP contribution is 2.40. The number of halogens is 3. The number of alkyl carbamates (subject to hydrolysis) is 1. The first-order chi connectivity index (χ1) is 15.5. The van der Waals surface area contributed by atoms with Gasteiger partial charge in [0.05, 0.1) is 21.3 Å². The predicted molar refractivity (Wildman–Crippen MR) is 110 cm³/mol. The molecule has 7 nitrogen and oxygen atoms in total. The average Bonchev–Trinajstić information content (AvgIpc) is 3.53. The lowest BCUT2D eigenvalue weighted by atomic mass is 10.1. The van der Waals surface area contributed by atoms with Crippen LogP contribution in [0.25, 0.3) is 10.2 Å². The van der Waals surface area contributed by atoms with Crippen molar-refractivity contribution in [1.82, 2.24) is 15.6 Å². The molecule has 0 spiro atoms. The van der Waals surface area contributed by atoms with Crippen molar-refractivity contribution in [2.75, 3.05) is 31.5 Å². The van der Waals surface area contributed by atoms with Gasteiger partial charge in [-0.05, 0) is 24.8 Å². The Morgan fingerprint density at radius 3 is 2.65 bits per heavy atom. The van der Waals surface area contributed by atoms with Gasteiger partial charge >= 0.3 is 12.3 Å². The Kier molecular flexibility index (Phi) is 5.27. The van der Waals surface area contributed by atoms with Gasteiger partial charge in [-0.1, -0.05) is 0 Å². The molecular formula is C20H23F3N4O3S. The van der Waals surface area contributed by atoms with E-state index < -0.39 is 36.3 Å². The van der Waals surface area contributed by atoms with Crippen molar-refractivity contribution >= 4 is 39.4 Å². The van der Waals surface area contributed by atoms with Crippen molar-refractivity contribution in [3.05, 3.63) is 22.6 Å². The first-order valence-corrected chi connectivity index (χ1v) is 10.8. The molecule has 1 saturated heterocycles. The summed E-state index contributed by atoms with van der Waals surface area (Å²) in [6.45, 7) is -1.22. The molecular weight excluding hydrogens is 433 g/mol. The van der Waals surface area contributed by atoms with Crippen LogP contribution in [0.2, 0.25) is 0 Å². The Balaban J connectivity index is 1.48. The first-order valence-electron chi connectivity index (χ1n) is 10.9. The lowest BCUT2D eigenvalue weighted by molar-refractivity contribution is -0.136. The quantitative estimate of drug-likeness (QED) is 0.713. The van der Waals surface area contributed by atoms with Crippen molar-refractivity contribution in [2.24, 2.45) is 5.92 Å². The number of hydrogen-bond donors (Lipinski definition) is 2. The third-order valence-electron chi connectivity index (χ3n) is 5.28. The summed E-state index contributed by atoms with van der Waals surface area (Å²) < 4.78 is 62.1. The number of carbonyl (C=O) groups is 2. The molecule has 3 heterocycles. The monoisotopic (exact) mass is 458 g/mol. The van der Waals surface area contributed by atoms with E-state index in [0.717, 1.165) is 17.4 Å². The van der Waals surface area contributed by atoms with Crippen molar-refractivity contribution < 1.29 is 30.2 Å². The van der Waals surface area contributed by atoms with E-state index in [1.54, 1.807) is 4.90 Å². The minimum atomic E-state index is -4.61. The van der Waals surface area contributed by atoms with Gasteiger partial charge in [0.1, 0.15) is 11.9 Å². The van der Waals surface area contributed by atoms with E-state index in [9.17, 15) is 22.8 Å². The van der Waals surface area contributed by atoms with Crippen LogP contribution in [-0.4, -0.2) is 49.7 Å². The second-order valence-electron chi connectivity index (χ2n) is 7.57. The number of pyridine rings is 1. The SMILES string of the molecule is [2H]C([2H])(NC(=O)OC1CCN(c2cc(C(F)(F)F)c3scc(C(=O)NC)c3n2)CC1)C1CC1. The zero-order valence-electron chi connectivity index (χ0n) is 18.7. The number of aromatic nitrogens is 1. The molecule has 2 fully saturated rings. The van der Waals surface area contributed by atoms with Crippen LogP contribution in [0.5, 0.6) is 0 Å². The van der Waals surface area contributed by atoms with Gasteiger partial charge in [-0.3, -0.25) is 4.79 Å². The molecule has 1 saturated carbocycles. The lowest BCUT2D eigenvalue weighted by Gasteiger charge is -2.32. The number of carbonyl (C=O) groups excluding carboxylic acids is 2. The van der Waals surface area contributed by atoms with Gasteiger partial charge in [-0.2, -0.15) is 13.2 Å². The Bertz CT molecular complexity index is 1070. The molecule has 1 aliphatic carbocycles. The van der Waals surface area contributed by atoms with Gasteiger partial charge in [-0.15, -0.1) is 11.3 Å². The molecule has 1 aliphatic heterocycles. The summed E-state index contributed by atoms with van der Waals surface area (Å²) in [5.74, 6) is -0.609.